The molecule has 0 aliphatic rings. The van der Waals surface area contributed by atoms with E-state index >= 15 is 0 Å². The maximum atomic E-state index is 13.3. The van der Waals surface area contributed by atoms with E-state index in [9.17, 15) is 13.2 Å². The summed E-state index contributed by atoms with van der Waals surface area (Å²) >= 11 is 0.534. The molecule has 0 aliphatic carbocycles. The topological polar surface area (TPSA) is 47.6 Å². The van der Waals surface area contributed by atoms with E-state index in [1.54, 1.807) is 37.3 Å². The average molecular weight is 326 g/mol. The Kier molecular flexibility index (Phi) is 4.56. The van der Waals surface area contributed by atoms with Gasteiger partial charge in [0, 0.05) is 5.56 Å². The molecule has 3 nitrogen and oxygen atoms in total. The Balaban J connectivity index is 2.57. The van der Waals surface area contributed by atoms with Gasteiger partial charge >= 0.3 is 6.18 Å². The first-order valence-corrected chi connectivity index (χ1v) is 7.02. The summed E-state index contributed by atoms with van der Waals surface area (Å²) in [6.45, 7) is 5.09. The summed E-state index contributed by atoms with van der Waals surface area (Å²) in [5, 5.41) is 3.41. The lowest BCUT2D eigenvalue weighted by atomic mass is 10.1. The smallest absolute Gasteiger partial charge is 0.426 e. The van der Waals surface area contributed by atoms with Gasteiger partial charge in [0.1, 0.15) is 4.88 Å². The van der Waals surface area contributed by atoms with Crippen molar-refractivity contribution in [1.82, 2.24) is 0 Å². The zero-order chi connectivity index (χ0) is 16.3. The Morgan fingerprint density at radius 2 is 1.91 bits per heavy atom. The molecule has 0 atom stereocenters. The van der Waals surface area contributed by atoms with Gasteiger partial charge in [0.15, 0.2) is 0 Å². The molecule has 2 N–H and O–H groups in total. The van der Waals surface area contributed by atoms with Crippen LogP contribution in [0.4, 0.5) is 13.2 Å². The zero-order valence-electron chi connectivity index (χ0n) is 11.6. The normalized spacial score (nSPS) is 12.3. The van der Waals surface area contributed by atoms with Crippen molar-refractivity contribution in [2.45, 2.75) is 13.1 Å². The lowest BCUT2D eigenvalue weighted by Crippen LogP contribution is -2.06. The lowest BCUT2D eigenvalue weighted by molar-refractivity contribution is -0.133. The summed E-state index contributed by atoms with van der Waals surface area (Å²) in [5.74, 6) is 5.40. The molecule has 0 unspecified atom stereocenters. The monoisotopic (exact) mass is 326 g/mol. The number of hydrogen-bond donors (Lipinski definition) is 1. The molecule has 1 aromatic carbocycles. The third-order valence-corrected chi connectivity index (χ3v) is 3.84. The standard InChI is InChI=1S/C15H13F3N2OS/c1-9(2)21-14(20-19)12-8-11(10-6-4-3-5-7-10)13(22-12)15(16,17)18/h3-8H,1,19H2,2H3/b20-14-. The van der Waals surface area contributed by atoms with Gasteiger partial charge in [0.2, 0.25) is 0 Å². The van der Waals surface area contributed by atoms with Crippen molar-refractivity contribution in [2.24, 2.45) is 10.9 Å². The van der Waals surface area contributed by atoms with Crippen LogP contribution >= 0.6 is 11.3 Å². The highest BCUT2D eigenvalue weighted by Crippen LogP contribution is 2.43. The molecule has 0 radical (unpaired) electrons. The van der Waals surface area contributed by atoms with E-state index in [1.165, 1.54) is 6.07 Å². The maximum absolute atomic E-state index is 13.3. The number of rotatable bonds is 3. The van der Waals surface area contributed by atoms with E-state index in [0.717, 1.165) is 0 Å². The summed E-state index contributed by atoms with van der Waals surface area (Å²) in [6.07, 6.45) is -4.48. The van der Waals surface area contributed by atoms with E-state index in [0.29, 0.717) is 16.9 Å². The van der Waals surface area contributed by atoms with Crippen molar-refractivity contribution in [2.75, 3.05) is 0 Å². The van der Waals surface area contributed by atoms with E-state index in [-0.39, 0.29) is 22.1 Å². The van der Waals surface area contributed by atoms with Crippen molar-refractivity contribution < 1.29 is 17.9 Å². The third-order valence-electron chi connectivity index (χ3n) is 2.67. The molecule has 1 heterocycles. The minimum absolute atomic E-state index is 0.0690. The number of allylic oxidation sites excluding steroid dienone is 1. The van der Waals surface area contributed by atoms with Gasteiger partial charge < -0.3 is 10.6 Å². The van der Waals surface area contributed by atoms with Crippen LogP contribution in [-0.2, 0) is 10.9 Å². The Labute approximate surface area is 129 Å². The first-order chi connectivity index (χ1) is 10.3. The summed E-state index contributed by atoms with van der Waals surface area (Å²) < 4.78 is 45.0. The molecule has 2 aromatic rings. The number of halogens is 3. The van der Waals surface area contributed by atoms with Gasteiger partial charge in [-0.3, -0.25) is 0 Å². The Hall–Kier alpha value is -2.28. The summed E-state index contributed by atoms with van der Waals surface area (Å²) in [6, 6.07) is 9.68. The minimum atomic E-state index is -4.48. The van der Waals surface area contributed by atoms with Crippen LogP contribution in [0.5, 0.6) is 0 Å². The van der Waals surface area contributed by atoms with Crippen molar-refractivity contribution in [3.8, 4) is 11.1 Å². The van der Waals surface area contributed by atoms with Crippen molar-refractivity contribution in [3.05, 3.63) is 58.5 Å². The second-order valence-corrected chi connectivity index (χ2v) is 5.51. The lowest BCUT2D eigenvalue weighted by Gasteiger charge is -2.07. The van der Waals surface area contributed by atoms with Gasteiger partial charge in [0.25, 0.3) is 5.90 Å². The van der Waals surface area contributed by atoms with Crippen LogP contribution < -0.4 is 5.84 Å². The molecule has 0 amide bonds. The number of alkyl halides is 3. The number of nitrogens with zero attached hydrogens (tertiary/aromatic N) is 1. The average Bonchev–Trinajstić information content (AvgIpc) is 2.90. The maximum Gasteiger partial charge on any atom is 0.426 e. The van der Waals surface area contributed by atoms with Crippen molar-refractivity contribution in [1.29, 1.82) is 0 Å². The van der Waals surface area contributed by atoms with Crippen LogP contribution in [0.15, 0.2) is 53.8 Å². The third kappa shape index (κ3) is 3.48. The predicted octanol–water partition coefficient (Wildman–Crippen LogP) is 4.60. The molecule has 1 aromatic heterocycles. The highest BCUT2D eigenvalue weighted by Gasteiger charge is 2.37. The van der Waals surface area contributed by atoms with Crippen LogP contribution in [0, 0.1) is 0 Å². The van der Waals surface area contributed by atoms with Gasteiger partial charge in [0.05, 0.1) is 10.6 Å². The molecule has 7 heteroatoms. The molecular formula is C15H13F3N2OS. The molecule has 0 spiro atoms. The summed E-state index contributed by atoms with van der Waals surface area (Å²) in [5.41, 5.74) is 0.531. The second kappa shape index (κ2) is 6.23. The first-order valence-electron chi connectivity index (χ1n) is 6.21. The molecule has 0 fully saturated rings. The molecule has 0 bridgehead atoms. The van der Waals surface area contributed by atoms with Gasteiger partial charge in [-0.15, -0.1) is 16.4 Å². The number of nitrogens with two attached hydrogens (primary N) is 1. The molecule has 2 rings (SSSR count). The Morgan fingerprint density at radius 3 is 2.41 bits per heavy atom. The van der Waals surface area contributed by atoms with Gasteiger partial charge in [-0.2, -0.15) is 13.2 Å². The molecule has 22 heavy (non-hydrogen) atoms. The quantitative estimate of drug-likeness (QED) is 0.294. The fourth-order valence-corrected chi connectivity index (χ4v) is 2.83. The van der Waals surface area contributed by atoms with E-state index in [4.69, 9.17) is 10.6 Å². The second-order valence-electron chi connectivity index (χ2n) is 4.46. The Bertz CT molecular complexity index is 705. The summed E-state index contributed by atoms with van der Waals surface area (Å²) in [4.78, 5) is -0.531. The van der Waals surface area contributed by atoms with Crippen molar-refractivity contribution >= 4 is 17.2 Å². The molecular weight excluding hydrogens is 313 g/mol. The fraction of sp³-hybridized carbons (Fsp3) is 0.133. The largest absolute Gasteiger partial charge is 0.442 e. The van der Waals surface area contributed by atoms with Crippen LogP contribution in [0.3, 0.4) is 0 Å². The number of hydrazone groups is 1. The zero-order valence-corrected chi connectivity index (χ0v) is 12.5. The van der Waals surface area contributed by atoms with Crippen LogP contribution in [0.2, 0.25) is 0 Å². The summed E-state index contributed by atoms with van der Waals surface area (Å²) in [7, 11) is 0. The molecule has 0 saturated heterocycles. The highest BCUT2D eigenvalue weighted by molar-refractivity contribution is 7.14. The van der Waals surface area contributed by atoms with E-state index < -0.39 is 11.1 Å². The number of hydrogen-bond acceptors (Lipinski definition) is 4. The fourth-order valence-electron chi connectivity index (χ4n) is 1.84. The van der Waals surface area contributed by atoms with Gasteiger partial charge in [-0.1, -0.05) is 36.9 Å². The SMILES string of the molecule is C=C(C)O/C(=N\N)c1cc(-c2ccccc2)c(C(F)(F)F)s1. The predicted molar refractivity (Wildman–Crippen MR) is 81.4 cm³/mol. The van der Waals surface area contributed by atoms with E-state index in [2.05, 4.69) is 11.7 Å². The number of benzene rings is 1. The van der Waals surface area contributed by atoms with Gasteiger partial charge in [-0.05, 0) is 18.6 Å². The Morgan fingerprint density at radius 1 is 1.27 bits per heavy atom. The van der Waals surface area contributed by atoms with Crippen molar-refractivity contribution in [3.63, 3.8) is 0 Å². The molecule has 0 aliphatic heterocycles. The van der Waals surface area contributed by atoms with E-state index in [1.807, 2.05) is 0 Å². The van der Waals surface area contributed by atoms with Crippen LogP contribution in [0.25, 0.3) is 11.1 Å². The molecule has 116 valence electrons. The number of ether oxygens (including phenoxy) is 1. The number of thiophene rings is 1. The minimum Gasteiger partial charge on any atom is -0.442 e. The van der Waals surface area contributed by atoms with Crippen LogP contribution in [0.1, 0.15) is 16.7 Å². The molecule has 0 saturated carbocycles. The van der Waals surface area contributed by atoms with Crippen LogP contribution in [-0.4, -0.2) is 5.90 Å². The van der Waals surface area contributed by atoms with Gasteiger partial charge in [-0.25, -0.2) is 0 Å². The highest BCUT2D eigenvalue weighted by atomic mass is 32.1. The first kappa shape index (κ1) is 16.1.